The molecule has 1 aliphatic rings. The first kappa shape index (κ1) is 15.8. The molecule has 8 heteroatoms. The Morgan fingerprint density at radius 1 is 1.32 bits per heavy atom. The maximum Gasteiger partial charge on any atom is 0.254 e. The molecule has 0 aliphatic carbocycles. The van der Waals surface area contributed by atoms with Crippen molar-refractivity contribution in [3.63, 3.8) is 0 Å². The predicted molar refractivity (Wildman–Crippen MR) is 80.5 cm³/mol. The minimum Gasteiger partial charge on any atom is -0.378 e. The SMILES string of the molecule is N#CC(C#N)=NNc1cc(C(=O)N2CCOCC2)ccc1Cl. The molecule has 112 valence electrons. The number of ether oxygens (including phenoxy) is 1. The highest BCUT2D eigenvalue weighted by atomic mass is 35.5. The van der Waals surface area contributed by atoms with Gasteiger partial charge in [0.2, 0.25) is 5.71 Å². The van der Waals surface area contributed by atoms with E-state index in [0.29, 0.717) is 42.6 Å². The number of hydrazone groups is 1. The van der Waals surface area contributed by atoms with Gasteiger partial charge in [0.1, 0.15) is 12.1 Å². The number of carbonyl (C=O) groups is 1. The van der Waals surface area contributed by atoms with E-state index in [1.165, 1.54) is 6.07 Å². The molecule has 1 N–H and O–H groups in total. The van der Waals surface area contributed by atoms with Gasteiger partial charge in [-0.3, -0.25) is 10.2 Å². The molecule has 1 aromatic carbocycles. The van der Waals surface area contributed by atoms with Crippen LogP contribution in [0.4, 0.5) is 5.69 Å². The lowest BCUT2D eigenvalue weighted by atomic mass is 10.1. The molecule has 0 radical (unpaired) electrons. The van der Waals surface area contributed by atoms with Gasteiger partial charge in [-0.25, -0.2) is 0 Å². The zero-order valence-electron chi connectivity index (χ0n) is 11.5. The molecular formula is C14H12ClN5O2. The van der Waals surface area contributed by atoms with Crippen molar-refractivity contribution in [3.05, 3.63) is 28.8 Å². The second kappa shape index (κ2) is 7.41. The highest BCUT2D eigenvalue weighted by Crippen LogP contribution is 2.24. The van der Waals surface area contributed by atoms with Crippen molar-refractivity contribution < 1.29 is 9.53 Å². The van der Waals surface area contributed by atoms with Gasteiger partial charge in [-0.05, 0) is 18.2 Å². The summed E-state index contributed by atoms with van der Waals surface area (Å²) in [6.45, 7) is 2.11. The fraction of sp³-hybridized carbons (Fsp3) is 0.286. The van der Waals surface area contributed by atoms with E-state index >= 15 is 0 Å². The third-order valence-electron chi connectivity index (χ3n) is 3.01. The van der Waals surface area contributed by atoms with E-state index in [1.807, 2.05) is 0 Å². The quantitative estimate of drug-likeness (QED) is 0.674. The van der Waals surface area contributed by atoms with Crippen molar-refractivity contribution in [1.82, 2.24) is 4.90 Å². The Morgan fingerprint density at radius 3 is 2.64 bits per heavy atom. The highest BCUT2D eigenvalue weighted by molar-refractivity contribution is 6.33. The number of nitriles is 2. The number of anilines is 1. The van der Waals surface area contributed by atoms with Gasteiger partial charge in [0.15, 0.2) is 0 Å². The summed E-state index contributed by atoms with van der Waals surface area (Å²) in [7, 11) is 0. The third-order valence-corrected chi connectivity index (χ3v) is 3.34. The molecule has 7 nitrogen and oxygen atoms in total. The standard InChI is InChI=1S/C14H12ClN5O2/c15-12-2-1-10(14(21)20-3-5-22-6-4-20)7-13(12)19-18-11(8-16)9-17/h1-2,7,19H,3-6H2. The number of hydrogen-bond donors (Lipinski definition) is 1. The van der Waals surface area contributed by atoms with E-state index < -0.39 is 0 Å². The molecule has 1 saturated heterocycles. The lowest BCUT2D eigenvalue weighted by Crippen LogP contribution is -2.40. The Bertz CT molecular complexity index is 667. The number of carbonyl (C=O) groups excluding carboxylic acids is 1. The first-order valence-electron chi connectivity index (χ1n) is 6.46. The molecule has 1 fully saturated rings. The Morgan fingerprint density at radius 2 is 2.00 bits per heavy atom. The molecule has 0 bridgehead atoms. The summed E-state index contributed by atoms with van der Waals surface area (Å²) >= 11 is 6.01. The van der Waals surface area contributed by atoms with E-state index in [1.54, 1.807) is 29.2 Å². The molecule has 2 rings (SSSR count). The minimum atomic E-state index is -0.332. The smallest absolute Gasteiger partial charge is 0.254 e. The Hall–Kier alpha value is -2.61. The van der Waals surface area contributed by atoms with Crippen molar-refractivity contribution in [2.24, 2.45) is 5.10 Å². The molecule has 1 amide bonds. The zero-order chi connectivity index (χ0) is 15.9. The van der Waals surface area contributed by atoms with Gasteiger partial charge in [0.05, 0.1) is 23.9 Å². The summed E-state index contributed by atoms with van der Waals surface area (Å²) in [6.07, 6.45) is 0. The summed E-state index contributed by atoms with van der Waals surface area (Å²) in [5.74, 6) is -0.132. The summed E-state index contributed by atoms with van der Waals surface area (Å²) in [5.41, 5.74) is 2.99. The monoisotopic (exact) mass is 317 g/mol. The number of amides is 1. The predicted octanol–water partition coefficient (Wildman–Crippen LogP) is 1.63. The minimum absolute atomic E-state index is 0.132. The summed E-state index contributed by atoms with van der Waals surface area (Å²) < 4.78 is 5.21. The maximum atomic E-state index is 12.4. The lowest BCUT2D eigenvalue weighted by molar-refractivity contribution is 0.0303. The number of benzene rings is 1. The maximum absolute atomic E-state index is 12.4. The first-order chi connectivity index (χ1) is 10.7. The van der Waals surface area contributed by atoms with Crippen molar-refractivity contribution in [3.8, 4) is 12.1 Å². The van der Waals surface area contributed by atoms with Gasteiger partial charge in [-0.15, -0.1) is 0 Å². The van der Waals surface area contributed by atoms with Gasteiger partial charge in [0, 0.05) is 18.7 Å². The Balaban J connectivity index is 2.19. The fourth-order valence-corrected chi connectivity index (χ4v) is 2.04. The Kier molecular flexibility index (Phi) is 5.31. The second-order valence-corrected chi connectivity index (χ2v) is 4.80. The van der Waals surface area contributed by atoms with Crippen molar-refractivity contribution in [2.45, 2.75) is 0 Å². The topological polar surface area (TPSA) is 102 Å². The van der Waals surface area contributed by atoms with Gasteiger partial charge < -0.3 is 9.64 Å². The fourth-order valence-electron chi connectivity index (χ4n) is 1.88. The van der Waals surface area contributed by atoms with Crippen LogP contribution in [0.1, 0.15) is 10.4 Å². The first-order valence-corrected chi connectivity index (χ1v) is 6.84. The number of hydrogen-bond acceptors (Lipinski definition) is 6. The molecule has 0 saturated carbocycles. The lowest BCUT2D eigenvalue weighted by Gasteiger charge is -2.27. The summed E-state index contributed by atoms with van der Waals surface area (Å²) in [6, 6.07) is 7.96. The van der Waals surface area contributed by atoms with Crippen molar-refractivity contribution >= 4 is 28.9 Å². The summed E-state index contributed by atoms with van der Waals surface area (Å²) in [4.78, 5) is 14.1. The molecule has 0 aromatic heterocycles. The molecule has 1 aliphatic heterocycles. The van der Waals surface area contributed by atoms with E-state index in [0.717, 1.165) is 0 Å². The van der Waals surface area contributed by atoms with Crippen LogP contribution in [0, 0.1) is 22.7 Å². The van der Waals surface area contributed by atoms with Crippen molar-refractivity contribution in [1.29, 1.82) is 10.5 Å². The van der Waals surface area contributed by atoms with Crippen LogP contribution in [0.5, 0.6) is 0 Å². The van der Waals surface area contributed by atoms with Crippen LogP contribution in [-0.4, -0.2) is 42.8 Å². The largest absolute Gasteiger partial charge is 0.378 e. The summed E-state index contributed by atoms with van der Waals surface area (Å²) in [5, 5.41) is 21.2. The van der Waals surface area contributed by atoms with Crippen LogP contribution < -0.4 is 5.43 Å². The van der Waals surface area contributed by atoms with Crippen LogP contribution in [0.15, 0.2) is 23.3 Å². The van der Waals surface area contributed by atoms with Crippen molar-refractivity contribution in [2.75, 3.05) is 31.7 Å². The van der Waals surface area contributed by atoms with Crippen LogP contribution in [0.25, 0.3) is 0 Å². The van der Waals surface area contributed by atoms with E-state index in [9.17, 15) is 4.79 Å². The van der Waals surface area contributed by atoms with Gasteiger partial charge in [0.25, 0.3) is 5.91 Å². The van der Waals surface area contributed by atoms with Crippen LogP contribution in [-0.2, 0) is 4.74 Å². The van der Waals surface area contributed by atoms with E-state index in [2.05, 4.69) is 10.5 Å². The van der Waals surface area contributed by atoms with E-state index in [4.69, 9.17) is 26.9 Å². The molecular weight excluding hydrogens is 306 g/mol. The zero-order valence-corrected chi connectivity index (χ0v) is 12.3. The second-order valence-electron chi connectivity index (χ2n) is 4.40. The van der Waals surface area contributed by atoms with Gasteiger partial charge in [-0.2, -0.15) is 15.6 Å². The number of nitrogens with zero attached hydrogens (tertiary/aromatic N) is 4. The number of rotatable bonds is 3. The number of nitrogens with one attached hydrogen (secondary N) is 1. The molecule has 0 unspecified atom stereocenters. The highest BCUT2D eigenvalue weighted by Gasteiger charge is 2.19. The average Bonchev–Trinajstić information content (AvgIpc) is 2.57. The average molecular weight is 318 g/mol. The third kappa shape index (κ3) is 3.73. The van der Waals surface area contributed by atoms with Gasteiger partial charge >= 0.3 is 0 Å². The molecule has 22 heavy (non-hydrogen) atoms. The molecule has 0 atom stereocenters. The number of halogens is 1. The number of morpholine rings is 1. The van der Waals surface area contributed by atoms with E-state index in [-0.39, 0.29) is 11.6 Å². The van der Waals surface area contributed by atoms with Crippen LogP contribution in [0.2, 0.25) is 5.02 Å². The van der Waals surface area contributed by atoms with Gasteiger partial charge in [-0.1, -0.05) is 11.6 Å². The molecule has 1 aromatic rings. The molecule has 0 spiro atoms. The molecule has 1 heterocycles. The Labute approximate surface area is 132 Å². The normalized spacial score (nSPS) is 13.7. The van der Waals surface area contributed by atoms with Crippen LogP contribution >= 0.6 is 11.6 Å². The van der Waals surface area contributed by atoms with Crippen LogP contribution in [0.3, 0.4) is 0 Å².